The summed E-state index contributed by atoms with van der Waals surface area (Å²) < 4.78 is 12.1. The molecule has 1 saturated heterocycles. The van der Waals surface area contributed by atoms with Crippen LogP contribution in [0.15, 0.2) is 48.5 Å². The smallest absolute Gasteiger partial charge is 0.311 e. The van der Waals surface area contributed by atoms with Gasteiger partial charge in [-0.05, 0) is 31.2 Å². The summed E-state index contributed by atoms with van der Waals surface area (Å²) in [6.07, 6.45) is 0.138. The van der Waals surface area contributed by atoms with Crippen LogP contribution in [0.1, 0.15) is 18.4 Å². The van der Waals surface area contributed by atoms with E-state index in [0.717, 1.165) is 15.2 Å². The van der Waals surface area contributed by atoms with Gasteiger partial charge in [0.2, 0.25) is 5.91 Å². The van der Waals surface area contributed by atoms with Crippen LogP contribution in [0.25, 0.3) is 10.2 Å². The molecule has 1 amide bonds. The Morgan fingerprint density at radius 1 is 1.21 bits per heavy atom. The van der Waals surface area contributed by atoms with Gasteiger partial charge < -0.3 is 14.4 Å². The number of para-hydroxylation sites is 3. The third-order valence-electron chi connectivity index (χ3n) is 4.59. The number of benzene rings is 2. The molecule has 0 aliphatic carbocycles. The van der Waals surface area contributed by atoms with Gasteiger partial charge in [0.05, 0.1) is 28.4 Å². The van der Waals surface area contributed by atoms with Gasteiger partial charge in [-0.15, -0.1) is 11.3 Å². The second kappa shape index (κ2) is 7.98. The molecule has 4 rings (SSSR count). The lowest BCUT2D eigenvalue weighted by molar-refractivity contribution is -0.149. The molecular formula is C21H20N2O4S. The highest BCUT2D eigenvalue weighted by molar-refractivity contribution is 7.18. The van der Waals surface area contributed by atoms with Gasteiger partial charge in [-0.1, -0.05) is 24.3 Å². The van der Waals surface area contributed by atoms with Crippen LogP contribution in [-0.4, -0.2) is 30.0 Å². The molecule has 1 aliphatic rings. The minimum absolute atomic E-state index is 0.103. The van der Waals surface area contributed by atoms with E-state index in [1.807, 2.05) is 55.5 Å². The van der Waals surface area contributed by atoms with Crippen molar-refractivity contribution in [2.75, 3.05) is 18.1 Å². The minimum Gasteiger partial charge on any atom is -0.492 e. The molecule has 7 heteroatoms. The van der Waals surface area contributed by atoms with Gasteiger partial charge in [-0.2, -0.15) is 0 Å². The van der Waals surface area contributed by atoms with Gasteiger partial charge in [-0.25, -0.2) is 4.98 Å². The average molecular weight is 396 g/mol. The van der Waals surface area contributed by atoms with Crippen molar-refractivity contribution in [2.24, 2.45) is 5.92 Å². The summed E-state index contributed by atoms with van der Waals surface area (Å²) in [6, 6.07) is 15.2. The quantitative estimate of drug-likeness (QED) is 0.593. The zero-order valence-electron chi connectivity index (χ0n) is 15.5. The third kappa shape index (κ3) is 3.71. The molecule has 2 heterocycles. The summed E-state index contributed by atoms with van der Waals surface area (Å²) in [7, 11) is 0. The molecule has 0 spiro atoms. The number of rotatable bonds is 6. The van der Waals surface area contributed by atoms with Gasteiger partial charge in [0.1, 0.15) is 17.4 Å². The summed E-state index contributed by atoms with van der Waals surface area (Å²) in [4.78, 5) is 31.1. The first-order chi connectivity index (χ1) is 13.7. The zero-order valence-corrected chi connectivity index (χ0v) is 16.3. The van der Waals surface area contributed by atoms with E-state index in [1.54, 1.807) is 4.90 Å². The van der Waals surface area contributed by atoms with E-state index in [9.17, 15) is 9.59 Å². The van der Waals surface area contributed by atoms with Crippen LogP contribution in [-0.2, 0) is 20.9 Å². The van der Waals surface area contributed by atoms with Crippen LogP contribution in [0, 0.1) is 5.92 Å². The summed E-state index contributed by atoms with van der Waals surface area (Å²) in [5.41, 5.74) is 1.59. The van der Waals surface area contributed by atoms with Gasteiger partial charge in [-0.3, -0.25) is 9.59 Å². The lowest BCUT2D eigenvalue weighted by Gasteiger charge is -2.19. The summed E-state index contributed by atoms with van der Waals surface area (Å²) in [6.45, 7) is 2.82. The predicted octanol–water partition coefficient (Wildman–Crippen LogP) is 3.79. The number of carbonyl (C=O) groups excluding carboxylic acids is 2. The molecule has 1 aromatic heterocycles. The summed E-state index contributed by atoms with van der Waals surface area (Å²) in [5, 5.41) is 0.748. The fraction of sp³-hybridized carbons (Fsp3) is 0.286. The van der Waals surface area contributed by atoms with Crippen molar-refractivity contribution >= 4 is 39.1 Å². The number of fused-ring (bicyclic) bond motifs is 1. The van der Waals surface area contributed by atoms with Gasteiger partial charge >= 0.3 is 5.97 Å². The van der Waals surface area contributed by atoms with Crippen molar-refractivity contribution in [3.8, 4) is 5.75 Å². The normalized spacial score (nSPS) is 16.5. The van der Waals surface area contributed by atoms with Gasteiger partial charge in [0.15, 0.2) is 0 Å². The van der Waals surface area contributed by atoms with Crippen molar-refractivity contribution in [1.82, 2.24) is 4.98 Å². The Kier molecular flexibility index (Phi) is 5.25. The number of thiazole rings is 1. The number of nitrogens with zero attached hydrogens (tertiary/aromatic N) is 2. The number of ether oxygens (including phenoxy) is 2. The first-order valence-corrected chi connectivity index (χ1v) is 10.0. The Morgan fingerprint density at radius 3 is 2.82 bits per heavy atom. The van der Waals surface area contributed by atoms with Crippen LogP contribution in [0.3, 0.4) is 0 Å². The first kappa shape index (κ1) is 18.4. The van der Waals surface area contributed by atoms with Crippen molar-refractivity contribution in [3.63, 3.8) is 0 Å². The lowest BCUT2D eigenvalue weighted by Crippen LogP contribution is -2.27. The maximum atomic E-state index is 12.5. The van der Waals surface area contributed by atoms with E-state index in [-0.39, 0.29) is 24.9 Å². The Hall–Kier alpha value is -2.93. The Morgan fingerprint density at radius 2 is 2.00 bits per heavy atom. The van der Waals surface area contributed by atoms with E-state index < -0.39 is 5.92 Å². The number of hydrogen-bond acceptors (Lipinski definition) is 6. The molecule has 1 atom stereocenters. The monoisotopic (exact) mass is 396 g/mol. The van der Waals surface area contributed by atoms with E-state index in [1.165, 1.54) is 11.3 Å². The lowest BCUT2D eigenvalue weighted by atomic mass is 10.1. The Bertz CT molecular complexity index is 983. The second-order valence-corrected chi connectivity index (χ2v) is 7.60. The zero-order chi connectivity index (χ0) is 19.5. The maximum absolute atomic E-state index is 12.5. The van der Waals surface area contributed by atoms with Crippen LogP contribution in [0.5, 0.6) is 5.75 Å². The molecular weight excluding hydrogens is 376 g/mol. The number of carbonyl (C=O) groups is 2. The van der Waals surface area contributed by atoms with E-state index >= 15 is 0 Å². The Labute approximate surface area is 166 Å². The van der Waals surface area contributed by atoms with E-state index in [2.05, 4.69) is 4.98 Å². The molecule has 1 unspecified atom stereocenters. The molecule has 2 aromatic carbocycles. The van der Waals surface area contributed by atoms with Crippen LogP contribution in [0.2, 0.25) is 0 Å². The molecule has 144 valence electrons. The second-order valence-electron chi connectivity index (χ2n) is 6.49. The van der Waals surface area contributed by atoms with Crippen LogP contribution in [0.4, 0.5) is 5.69 Å². The van der Waals surface area contributed by atoms with Gasteiger partial charge in [0, 0.05) is 13.0 Å². The van der Waals surface area contributed by atoms with Gasteiger partial charge in [0.25, 0.3) is 0 Å². The molecule has 0 bridgehead atoms. The fourth-order valence-electron chi connectivity index (χ4n) is 3.29. The highest BCUT2D eigenvalue weighted by Crippen LogP contribution is 2.33. The highest BCUT2D eigenvalue weighted by Gasteiger charge is 2.37. The SMILES string of the molecule is CCOc1ccccc1N1CC(C(=O)OCc2nc3ccccc3s2)CC1=O. The van der Waals surface area contributed by atoms with E-state index in [0.29, 0.717) is 24.6 Å². The first-order valence-electron chi connectivity index (χ1n) is 9.19. The highest BCUT2D eigenvalue weighted by atomic mass is 32.1. The molecule has 3 aromatic rings. The van der Waals surface area contributed by atoms with Crippen LogP contribution >= 0.6 is 11.3 Å². The Balaban J connectivity index is 1.41. The average Bonchev–Trinajstić information content (AvgIpc) is 3.30. The molecule has 0 saturated carbocycles. The minimum atomic E-state index is -0.489. The fourth-order valence-corrected chi connectivity index (χ4v) is 4.17. The van der Waals surface area contributed by atoms with Crippen LogP contribution < -0.4 is 9.64 Å². The number of aromatic nitrogens is 1. The summed E-state index contributed by atoms with van der Waals surface area (Å²) in [5.74, 6) is -0.323. The topological polar surface area (TPSA) is 68.7 Å². The number of anilines is 1. The maximum Gasteiger partial charge on any atom is 0.311 e. The largest absolute Gasteiger partial charge is 0.492 e. The predicted molar refractivity (Wildman–Crippen MR) is 107 cm³/mol. The summed E-state index contributed by atoms with van der Waals surface area (Å²) >= 11 is 1.50. The number of amides is 1. The number of esters is 1. The molecule has 1 aliphatic heterocycles. The van der Waals surface area contributed by atoms with Crippen molar-refractivity contribution in [2.45, 2.75) is 20.0 Å². The molecule has 6 nitrogen and oxygen atoms in total. The molecule has 0 radical (unpaired) electrons. The molecule has 0 N–H and O–H groups in total. The third-order valence-corrected chi connectivity index (χ3v) is 5.60. The van der Waals surface area contributed by atoms with E-state index in [4.69, 9.17) is 9.47 Å². The molecule has 28 heavy (non-hydrogen) atoms. The van der Waals surface area contributed by atoms with Crippen molar-refractivity contribution < 1.29 is 19.1 Å². The number of hydrogen-bond donors (Lipinski definition) is 0. The van der Waals surface area contributed by atoms with Crippen molar-refractivity contribution in [3.05, 3.63) is 53.5 Å². The standard InChI is InChI=1S/C21H20N2O4S/c1-2-26-17-9-5-4-8-16(17)23-12-14(11-20(23)24)21(25)27-13-19-22-15-7-3-6-10-18(15)28-19/h3-10,14H,2,11-13H2,1H3. The molecule has 1 fully saturated rings. The van der Waals surface area contributed by atoms with Crippen molar-refractivity contribution in [1.29, 1.82) is 0 Å².